The highest BCUT2D eigenvalue weighted by Crippen LogP contribution is 2.10. The number of nitrogens with one attached hydrogen (secondary N) is 1. The van der Waals surface area contributed by atoms with Gasteiger partial charge in [0, 0.05) is 6.54 Å². The molecule has 0 aliphatic carbocycles. The summed E-state index contributed by atoms with van der Waals surface area (Å²) >= 11 is 5.27. The van der Waals surface area contributed by atoms with Gasteiger partial charge in [0.1, 0.15) is 10.4 Å². The highest BCUT2D eigenvalue weighted by atomic mass is 79.9. The smallest absolute Gasteiger partial charge is 0.127 e. The number of pyridine rings is 1. The number of aromatic nitrogens is 1. The van der Waals surface area contributed by atoms with E-state index in [1.165, 1.54) is 25.0 Å². The molecule has 84 valence electrons. The first-order valence-electron chi connectivity index (χ1n) is 5.18. The molecule has 0 saturated heterocycles. The lowest BCUT2D eigenvalue weighted by Gasteiger charge is -2.05. The SMILES string of the molecule is CSCCCCCNc1cccc(Br)n1. The summed E-state index contributed by atoms with van der Waals surface area (Å²) in [5.41, 5.74) is 0. The molecule has 0 aliphatic rings. The van der Waals surface area contributed by atoms with E-state index >= 15 is 0 Å². The van der Waals surface area contributed by atoms with Crippen LogP contribution < -0.4 is 5.32 Å². The molecule has 0 aromatic carbocycles. The molecule has 0 amide bonds. The molecule has 1 heterocycles. The van der Waals surface area contributed by atoms with E-state index in [0.29, 0.717) is 0 Å². The molecule has 0 saturated carbocycles. The van der Waals surface area contributed by atoms with Crippen molar-refractivity contribution >= 4 is 33.5 Å². The van der Waals surface area contributed by atoms with Crippen molar-refractivity contribution in [1.29, 1.82) is 0 Å². The maximum Gasteiger partial charge on any atom is 0.127 e. The molecule has 1 aromatic heterocycles. The second-order valence-corrected chi connectivity index (χ2v) is 5.12. The van der Waals surface area contributed by atoms with Gasteiger partial charge in [-0.3, -0.25) is 0 Å². The predicted octanol–water partition coefficient (Wildman–Crippen LogP) is 3.79. The number of hydrogen-bond acceptors (Lipinski definition) is 3. The van der Waals surface area contributed by atoms with Gasteiger partial charge in [0.15, 0.2) is 0 Å². The van der Waals surface area contributed by atoms with Crippen LogP contribution in [0.25, 0.3) is 0 Å². The van der Waals surface area contributed by atoms with Crippen LogP contribution in [0.4, 0.5) is 5.82 Å². The van der Waals surface area contributed by atoms with Crippen molar-refractivity contribution in [2.24, 2.45) is 0 Å². The van der Waals surface area contributed by atoms with Crippen LogP contribution in [0.15, 0.2) is 22.8 Å². The summed E-state index contributed by atoms with van der Waals surface area (Å²) in [4.78, 5) is 4.31. The molecule has 0 fully saturated rings. The van der Waals surface area contributed by atoms with Gasteiger partial charge in [-0.15, -0.1) is 0 Å². The Kier molecular flexibility index (Phi) is 6.85. The lowest BCUT2D eigenvalue weighted by atomic mass is 10.2. The van der Waals surface area contributed by atoms with Gasteiger partial charge in [-0.05, 0) is 52.9 Å². The van der Waals surface area contributed by atoms with Crippen molar-refractivity contribution in [2.45, 2.75) is 19.3 Å². The fourth-order valence-electron chi connectivity index (χ4n) is 1.27. The zero-order chi connectivity index (χ0) is 10.9. The van der Waals surface area contributed by atoms with Crippen molar-refractivity contribution in [1.82, 2.24) is 4.98 Å². The van der Waals surface area contributed by atoms with E-state index in [4.69, 9.17) is 0 Å². The van der Waals surface area contributed by atoms with Crippen LogP contribution in [0.2, 0.25) is 0 Å². The third kappa shape index (κ3) is 6.05. The van der Waals surface area contributed by atoms with Gasteiger partial charge in [0.25, 0.3) is 0 Å². The average molecular weight is 289 g/mol. The van der Waals surface area contributed by atoms with E-state index in [0.717, 1.165) is 17.0 Å². The molecule has 15 heavy (non-hydrogen) atoms. The summed E-state index contributed by atoms with van der Waals surface area (Å²) < 4.78 is 0.884. The summed E-state index contributed by atoms with van der Waals surface area (Å²) in [5, 5.41) is 3.31. The number of nitrogens with zero attached hydrogens (tertiary/aromatic N) is 1. The molecular formula is C11H17BrN2S. The number of thioether (sulfide) groups is 1. The monoisotopic (exact) mass is 288 g/mol. The van der Waals surface area contributed by atoms with Crippen molar-refractivity contribution in [3.8, 4) is 0 Å². The quantitative estimate of drug-likeness (QED) is 0.610. The van der Waals surface area contributed by atoms with Crippen LogP contribution in [0.3, 0.4) is 0 Å². The highest BCUT2D eigenvalue weighted by molar-refractivity contribution is 9.10. The Bertz CT molecular complexity index is 281. The lowest BCUT2D eigenvalue weighted by Crippen LogP contribution is -2.03. The molecule has 0 bridgehead atoms. The molecule has 0 atom stereocenters. The largest absolute Gasteiger partial charge is 0.370 e. The van der Waals surface area contributed by atoms with Gasteiger partial charge in [0.2, 0.25) is 0 Å². The van der Waals surface area contributed by atoms with Crippen molar-refractivity contribution < 1.29 is 0 Å². The normalized spacial score (nSPS) is 10.3. The number of anilines is 1. The standard InChI is InChI=1S/C11H17BrN2S/c1-15-9-4-2-3-8-13-11-7-5-6-10(12)14-11/h5-7H,2-4,8-9H2,1H3,(H,13,14). The first-order valence-corrected chi connectivity index (χ1v) is 7.37. The van der Waals surface area contributed by atoms with Crippen molar-refractivity contribution in [3.63, 3.8) is 0 Å². The lowest BCUT2D eigenvalue weighted by molar-refractivity contribution is 0.748. The number of unbranched alkanes of at least 4 members (excludes halogenated alkanes) is 2. The predicted molar refractivity (Wildman–Crippen MR) is 72.7 cm³/mol. The van der Waals surface area contributed by atoms with Gasteiger partial charge < -0.3 is 5.32 Å². The Balaban J connectivity index is 2.10. The van der Waals surface area contributed by atoms with E-state index in [1.807, 2.05) is 30.0 Å². The molecule has 1 aromatic rings. The van der Waals surface area contributed by atoms with E-state index in [9.17, 15) is 0 Å². The van der Waals surface area contributed by atoms with E-state index in [1.54, 1.807) is 0 Å². The second kappa shape index (κ2) is 7.99. The Labute approximate surface area is 104 Å². The first kappa shape index (κ1) is 12.8. The third-order valence-electron chi connectivity index (χ3n) is 2.05. The van der Waals surface area contributed by atoms with Crippen LogP contribution in [0.1, 0.15) is 19.3 Å². The zero-order valence-electron chi connectivity index (χ0n) is 9.00. The molecule has 1 N–H and O–H groups in total. The minimum absolute atomic E-state index is 0.884. The number of halogens is 1. The summed E-state index contributed by atoms with van der Waals surface area (Å²) in [5.74, 6) is 2.23. The second-order valence-electron chi connectivity index (χ2n) is 3.33. The molecule has 2 nitrogen and oxygen atoms in total. The molecule has 0 aliphatic heterocycles. The number of rotatable bonds is 7. The Morgan fingerprint density at radius 1 is 1.33 bits per heavy atom. The molecule has 0 radical (unpaired) electrons. The maximum atomic E-state index is 4.31. The summed E-state index contributed by atoms with van der Waals surface area (Å²) in [7, 11) is 0. The Morgan fingerprint density at radius 2 is 2.20 bits per heavy atom. The minimum atomic E-state index is 0.884. The highest BCUT2D eigenvalue weighted by Gasteiger charge is 1.94. The van der Waals surface area contributed by atoms with E-state index in [2.05, 4.69) is 32.5 Å². The van der Waals surface area contributed by atoms with E-state index < -0.39 is 0 Å². The van der Waals surface area contributed by atoms with Gasteiger partial charge in [-0.2, -0.15) is 11.8 Å². The van der Waals surface area contributed by atoms with E-state index in [-0.39, 0.29) is 0 Å². The van der Waals surface area contributed by atoms with Crippen molar-refractivity contribution in [3.05, 3.63) is 22.8 Å². The Morgan fingerprint density at radius 3 is 2.93 bits per heavy atom. The fraction of sp³-hybridized carbons (Fsp3) is 0.545. The van der Waals surface area contributed by atoms with Crippen molar-refractivity contribution in [2.75, 3.05) is 23.9 Å². The molecular weight excluding hydrogens is 272 g/mol. The summed E-state index contributed by atoms with van der Waals surface area (Å²) in [6.07, 6.45) is 5.98. The van der Waals surface area contributed by atoms with Crippen LogP contribution in [0.5, 0.6) is 0 Å². The minimum Gasteiger partial charge on any atom is -0.370 e. The average Bonchev–Trinajstić information content (AvgIpc) is 2.23. The summed E-state index contributed by atoms with van der Waals surface area (Å²) in [6, 6.07) is 5.92. The van der Waals surface area contributed by atoms with Crippen LogP contribution in [-0.4, -0.2) is 23.5 Å². The Hall–Kier alpha value is -0.220. The van der Waals surface area contributed by atoms with Crippen LogP contribution in [0, 0.1) is 0 Å². The van der Waals surface area contributed by atoms with Crippen LogP contribution >= 0.6 is 27.7 Å². The van der Waals surface area contributed by atoms with Gasteiger partial charge in [-0.25, -0.2) is 4.98 Å². The molecule has 0 unspecified atom stereocenters. The third-order valence-corrected chi connectivity index (χ3v) is 3.19. The van der Waals surface area contributed by atoms with Gasteiger partial charge >= 0.3 is 0 Å². The summed E-state index contributed by atoms with van der Waals surface area (Å²) in [6.45, 7) is 1.01. The zero-order valence-corrected chi connectivity index (χ0v) is 11.4. The maximum absolute atomic E-state index is 4.31. The topological polar surface area (TPSA) is 24.9 Å². The van der Waals surface area contributed by atoms with Crippen LogP contribution in [-0.2, 0) is 0 Å². The number of hydrogen-bond donors (Lipinski definition) is 1. The fourth-order valence-corrected chi connectivity index (χ4v) is 2.11. The molecule has 4 heteroatoms. The van der Waals surface area contributed by atoms with Gasteiger partial charge in [-0.1, -0.05) is 12.5 Å². The molecule has 0 spiro atoms. The van der Waals surface area contributed by atoms with Gasteiger partial charge in [0.05, 0.1) is 0 Å². The molecule has 1 rings (SSSR count). The first-order chi connectivity index (χ1) is 7.33.